The van der Waals surface area contributed by atoms with Gasteiger partial charge in [0.15, 0.2) is 0 Å². The normalized spacial score (nSPS) is 20.4. The second-order valence-corrected chi connectivity index (χ2v) is 6.62. The second kappa shape index (κ2) is 8.54. The van der Waals surface area contributed by atoms with E-state index in [9.17, 15) is 8.78 Å². The van der Waals surface area contributed by atoms with Crippen LogP contribution in [0.25, 0.3) is 11.3 Å². The largest absolute Gasteiger partial charge is 0.382 e. The van der Waals surface area contributed by atoms with E-state index in [1.165, 1.54) is 6.07 Å². The third kappa shape index (κ3) is 4.86. The third-order valence-corrected chi connectivity index (χ3v) is 4.68. The summed E-state index contributed by atoms with van der Waals surface area (Å²) < 4.78 is 25.7. The molecule has 0 unspecified atom stereocenters. The van der Waals surface area contributed by atoms with Gasteiger partial charge in [-0.25, -0.2) is 14.4 Å². The standard InChI is InChI=1S/C18H21ClF2N4/c19-17-10-16(14(11-23-17)15-2-1-3-18(21)25-15)24-13-6-4-12(5-7-13)22-9-8-20/h1-3,10-13,22H,4-9H2,(H,23,24). The van der Waals surface area contributed by atoms with Crippen molar-refractivity contribution >= 4 is 17.3 Å². The quantitative estimate of drug-likeness (QED) is 0.751. The molecule has 134 valence electrons. The van der Waals surface area contributed by atoms with Crippen molar-refractivity contribution in [1.82, 2.24) is 15.3 Å². The first kappa shape index (κ1) is 18.0. The maximum absolute atomic E-state index is 13.5. The lowest BCUT2D eigenvalue weighted by molar-refractivity contribution is 0.339. The molecule has 0 aromatic carbocycles. The molecule has 0 radical (unpaired) electrons. The minimum atomic E-state index is -0.530. The van der Waals surface area contributed by atoms with Crippen LogP contribution < -0.4 is 10.6 Å². The van der Waals surface area contributed by atoms with Crippen LogP contribution in [0, 0.1) is 5.95 Å². The van der Waals surface area contributed by atoms with E-state index in [0.717, 1.165) is 36.9 Å². The molecule has 2 N–H and O–H groups in total. The fourth-order valence-electron chi connectivity index (χ4n) is 3.23. The second-order valence-electron chi connectivity index (χ2n) is 6.23. The van der Waals surface area contributed by atoms with Crippen molar-refractivity contribution in [3.63, 3.8) is 0 Å². The molecule has 0 atom stereocenters. The van der Waals surface area contributed by atoms with Crippen LogP contribution in [0.4, 0.5) is 14.5 Å². The van der Waals surface area contributed by atoms with Gasteiger partial charge in [0.05, 0.1) is 5.69 Å². The predicted molar refractivity (Wildman–Crippen MR) is 96.1 cm³/mol. The molecular weight excluding hydrogens is 346 g/mol. The lowest BCUT2D eigenvalue weighted by Crippen LogP contribution is -2.37. The molecule has 1 aliphatic carbocycles. The molecule has 25 heavy (non-hydrogen) atoms. The van der Waals surface area contributed by atoms with E-state index in [4.69, 9.17) is 11.6 Å². The fraction of sp³-hybridized carbons (Fsp3) is 0.444. The Bertz CT molecular complexity index is 705. The maximum Gasteiger partial charge on any atom is 0.213 e. The summed E-state index contributed by atoms with van der Waals surface area (Å²) in [5, 5.41) is 7.09. The van der Waals surface area contributed by atoms with Gasteiger partial charge in [-0.2, -0.15) is 4.39 Å². The van der Waals surface area contributed by atoms with Crippen molar-refractivity contribution in [2.45, 2.75) is 37.8 Å². The lowest BCUT2D eigenvalue weighted by atomic mass is 9.91. The van der Waals surface area contributed by atoms with E-state index in [1.54, 1.807) is 24.4 Å². The van der Waals surface area contributed by atoms with Crippen molar-refractivity contribution in [2.75, 3.05) is 18.5 Å². The molecule has 7 heteroatoms. The third-order valence-electron chi connectivity index (χ3n) is 4.48. The Morgan fingerprint density at radius 1 is 1.16 bits per heavy atom. The van der Waals surface area contributed by atoms with Gasteiger partial charge in [-0.3, -0.25) is 0 Å². The number of nitrogens with zero attached hydrogens (tertiary/aromatic N) is 2. The summed E-state index contributed by atoms with van der Waals surface area (Å²) in [5.41, 5.74) is 2.05. The van der Waals surface area contributed by atoms with E-state index >= 15 is 0 Å². The smallest absolute Gasteiger partial charge is 0.213 e. The van der Waals surface area contributed by atoms with Gasteiger partial charge in [0.1, 0.15) is 11.8 Å². The molecule has 3 rings (SSSR count). The van der Waals surface area contributed by atoms with E-state index in [1.807, 2.05) is 0 Å². The van der Waals surface area contributed by atoms with Gasteiger partial charge in [-0.05, 0) is 43.9 Å². The summed E-state index contributed by atoms with van der Waals surface area (Å²) in [4.78, 5) is 8.04. The molecular formula is C18H21ClF2N4. The Balaban J connectivity index is 1.71. The highest BCUT2D eigenvalue weighted by Gasteiger charge is 2.22. The Morgan fingerprint density at radius 3 is 2.64 bits per heavy atom. The summed E-state index contributed by atoms with van der Waals surface area (Å²) in [6, 6.07) is 7.09. The number of hydrogen-bond donors (Lipinski definition) is 2. The van der Waals surface area contributed by atoms with Crippen molar-refractivity contribution in [2.24, 2.45) is 0 Å². The maximum atomic E-state index is 13.5. The zero-order chi connectivity index (χ0) is 17.6. The molecule has 0 spiro atoms. The monoisotopic (exact) mass is 366 g/mol. The van der Waals surface area contributed by atoms with Gasteiger partial charge in [0.2, 0.25) is 5.95 Å². The molecule has 0 saturated heterocycles. The van der Waals surface area contributed by atoms with E-state index < -0.39 is 5.95 Å². The summed E-state index contributed by atoms with van der Waals surface area (Å²) in [7, 11) is 0. The van der Waals surface area contributed by atoms with Crippen molar-refractivity contribution in [1.29, 1.82) is 0 Å². The van der Waals surface area contributed by atoms with Crippen LogP contribution >= 0.6 is 11.6 Å². The van der Waals surface area contributed by atoms with Crippen LogP contribution in [0.2, 0.25) is 5.15 Å². The number of anilines is 1. The molecule has 2 heterocycles. The first-order valence-electron chi connectivity index (χ1n) is 8.50. The van der Waals surface area contributed by atoms with E-state index in [2.05, 4.69) is 20.6 Å². The Hall–Kier alpha value is -1.79. The van der Waals surface area contributed by atoms with E-state index in [-0.39, 0.29) is 12.7 Å². The molecule has 1 fully saturated rings. The van der Waals surface area contributed by atoms with Crippen LogP contribution in [0.3, 0.4) is 0 Å². The molecule has 2 aromatic heterocycles. The summed E-state index contributed by atoms with van der Waals surface area (Å²) >= 11 is 6.04. The van der Waals surface area contributed by atoms with Crippen LogP contribution in [-0.2, 0) is 0 Å². The first-order valence-corrected chi connectivity index (χ1v) is 8.88. The average Bonchev–Trinajstić information content (AvgIpc) is 2.61. The van der Waals surface area contributed by atoms with Gasteiger partial charge >= 0.3 is 0 Å². The van der Waals surface area contributed by atoms with Gasteiger partial charge in [0, 0.05) is 36.1 Å². The molecule has 0 aliphatic heterocycles. The first-order chi connectivity index (χ1) is 12.2. The van der Waals surface area contributed by atoms with Crippen molar-refractivity contribution < 1.29 is 8.78 Å². The molecule has 0 amide bonds. The molecule has 0 bridgehead atoms. The lowest BCUT2D eigenvalue weighted by Gasteiger charge is -2.30. The number of pyridine rings is 2. The predicted octanol–water partition coefficient (Wildman–Crippen LogP) is 4.22. The average molecular weight is 367 g/mol. The molecule has 1 aliphatic rings. The van der Waals surface area contributed by atoms with Gasteiger partial charge < -0.3 is 10.6 Å². The minimum absolute atomic E-state index is 0.286. The van der Waals surface area contributed by atoms with E-state index in [0.29, 0.717) is 23.4 Å². The Labute approximate surface area is 151 Å². The van der Waals surface area contributed by atoms with Crippen LogP contribution in [-0.4, -0.2) is 35.3 Å². The van der Waals surface area contributed by atoms with Crippen molar-refractivity contribution in [3.8, 4) is 11.3 Å². The highest BCUT2D eigenvalue weighted by molar-refractivity contribution is 6.29. The van der Waals surface area contributed by atoms with Crippen molar-refractivity contribution in [3.05, 3.63) is 41.6 Å². The summed E-state index contributed by atoms with van der Waals surface area (Å²) in [5.74, 6) is -0.530. The van der Waals surface area contributed by atoms with Gasteiger partial charge in [-0.1, -0.05) is 17.7 Å². The van der Waals surface area contributed by atoms with Crippen LogP contribution in [0.5, 0.6) is 0 Å². The van der Waals surface area contributed by atoms with Gasteiger partial charge in [-0.15, -0.1) is 0 Å². The topological polar surface area (TPSA) is 49.8 Å². The Morgan fingerprint density at radius 2 is 1.92 bits per heavy atom. The summed E-state index contributed by atoms with van der Waals surface area (Å²) in [6.45, 7) is 0.0792. The highest BCUT2D eigenvalue weighted by Crippen LogP contribution is 2.31. The Kier molecular flexibility index (Phi) is 6.15. The number of nitrogens with one attached hydrogen (secondary N) is 2. The zero-order valence-corrected chi connectivity index (χ0v) is 14.6. The number of hydrogen-bond acceptors (Lipinski definition) is 4. The minimum Gasteiger partial charge on any atom is -0.382 e. The SMILES string of the molecule is FCCNC1CCC(Nc2cc(Cl)ncc2-c2cccc(F)n2)CC1. The number of halogens is 3. The fourth-order valence-corrected chi connectivity index (χ4v) is 3.39. The molecule has 1 saturated carbocycles. The molecule has 4 nitrogen and oxygen atoms in total. The zero-order valence-electron chi connectivity index (χ0n) is 13.8. The highest BCUT2D eigenvalue weighted by atomic mass is 35.5. The van der Waals surface area contributed by atoms with Gasteiger partial charge in [0.25, 0.3) is 0 Å². The summed E-state index contributed by atoms with van der Waals surface area (Å²) in [6.07, 6.45) is 5.54. The number of aromatic nitrogens is 2. The van der Waals surface area contributed by atoms with Crippen LogP contribution in [0.1, 0.15) is 25.7 Å². The molecule has 2 aromatic rings. The number of rotatable bonds is 6. The number of alkyl halides is 1. The van der Waals surface area contributed by atoms with Crippen LogP contribution in [0.15, 0.2) is 30.5 Å².